The molecular formula is C18H24F3N3O2. The molecule has 0 aliphatic carbocycles. The van der Waals surface area contributed by atoms with Gasteiger partial charge in [-0.05, 0) is 37.1 Å². The van der Waals surface area contributed by atoms with Crippen molar-refractivity contribution in [3.8, 4) is 0 Å². The number of carbonyl (C=O) groups excluding carboxylic acids is 2. The molecule has 0 unspecified atom stereocenters. The number of carbonyl (C=O) groups is 2. The number of hydrogen-bond acceptors (Lipinski definition) is 3. The van der Waals surface area contributed by atoms with Gasteiger partial charge < -0.3 is 15.5 Å². The predicted molar refractivity (Wildman–Crippen MR) is 91.3 cm³/mol. The highest BCUT2D eigenvalue weighted by molar-refractivity contribution is 5.94. The fraction of sp³-hybridized carbons (Fsp3) is 0.556. The van der Waals surface area contributed by atoms with Crippen LogP contribution in [0, 0.1) is 5.92 Å². The van der Waals surface area contributed by atoms with Gasteiger partial charge in [0, 0.05) is 31.2 Å². The largest absolute Gasteiger partial charge is 0.416 e. The second-order valence-corrected chi connectivity index (χ2v) is 6.98. The number of alkyl halides is 3. The van der Waals surface area contributed by atoms with Gasteiger partial charge in [0.2, 0.25) is 5.91 Å². The molecule has 26 heavy (non-hydrogen) atoms. The van der Waals surface area contributed by atoms with Crippen molar-refractivity contribution in [3.05, 3.63) is 35.4 Å². The molecule has 0 bridgehead atoms. The van der Waals surface area contributed by atoms with Crippen molar-refractivity contribution in [1.29, 1.82) is 0 Å². The summed E-state index contributed by atoms with van der Waals surface area (Å²) in [7, 11) is 0. The first-order valence-corrected chi connectivity index (χ1v) is 8.55. The predicted octanol–water partition coefficient (Wildman–Crippen LogP) is 2.36. The fourth-order valence-corrected chi connectivity index (χ4v) is 2.92. The second-order valence-electron chi connectivity index (χ2n) is 6.98. The summed E-state index contributed by atoms with van der Waals surface area (Å²) in [5, 5.41) is 0. The van der Waals surface area contributed by atoms with Gasteiger partial charge in [0.15, 0.2) is 0 Å². The first-order chi connectivity index (χ1) is 12.0. The molecule has 0 saturated carbocycles. The second kappa shape index (κ2) is 7.65. The zero-order valence-corrected chi connectivity index (χ0v) is 15.1. The van der Waals surface area contributed by atoms with E-state index >= 15 is 0 Å². The molecule has 2 N–H and O–H groups in total. The minimum Gasteiger partial charge on any atom is -0.338 e. The van der Waals surface area contributed by atoms with Gasteiger partial charge in [-0.15, -0.1) is 0 Å². The Bertz CT molecular complexity index is 659. The normalized spacial score (nSPS) is 19.6. The number of benzene rings is 1. The summed E-state index contributed by atoms with van der Waals surface area (Å²) in [5.74, 6) is -0.468. The van der Waals surface area contributed by atoms with E-state index in [1.165, 1.54) is 12.1 Å². The van der Waals surface area contributed by atoms with Crippen LogP contribution in [-0.2, 0) is 11.0 Å². The number of halogens is 3. The molecule has 2 rings (SSSR count). The molecule has 5 nitrogen and oxygen atoms in total. The monoisotopic (exact) mass is 371 g/mol. The minimum atomic E-state index is -4.43. The maximum Gasteiger partial charge on any atom is 0.416 e. The summed E-state index contributed by atoms with van der Waals surface area (Å²) in [6, 6.07) is 3.34. The van der Waals surface area contributed by atoms with E-state index in [0.29, 0.717) is 19.6 Å². The highest BCUT2D eigenvalue weighted by Gasteiger charge is 2.34. The maximum atomic E-state index is 12.6. The van der Waals surface area contributed by atoms with Crippen molar-refractivity contribution < 1.29 is 22.8 Å². The number of hydrogen-bond donors (Lipinski definition) is 1. The van der Waals surface area contributed by atoms with Crippen molar-refractivity contribution in [1.82, 2.24) is 9.80 Å². The third kappa shape index (κ3) is 4.35. The van der Waals surface area contributed by atoms with Crippen LogP contribution < -0.4 is 5.73 Å². The van der Waals surface area contributed by atoms with Gasteiger partial charge in [0.1, 0.15) is 0 Å². The molecular weight excluding hydrogens is 347 g/mol. The Morgan fingerprint density at radius 1 is 1.15 bits per heavy atom. The lowest BCUT2D eigenvalue weighted by atomic mass is 10.0. The average Bonchev–Trinajstić information content (AvgIpc) is 2.59. The first-order valence-electron chi connectivity index (χ1n) is 8.55. The van der Waals surface area contributed by atoms with Gasteiger partial charge in [-0.3, -0.25) is 9.59 Å². The quantitative estimate of drug-likeness (QED) is 0.887. The van der Waals surface area contributed by atoms with Crippen molar-refractivity contribution in [2.45, 2.75) is 39.0 Å². The lowest BCUT2D eigenvalue weighted by molar-refractivity contribution is -0.137. The van der Waals surface area contributed by atoms with Crippen LogP contribution >= 0.6 is 0 Å². The summed E-state index contributed by atoms with van der Waals surface area (Å²) >= 11 is 0. The van der Waals surface area contributed by atoms with Crippen molar-refractivity contribution >= 4 is 11.8 Å². The smallest absolute Gasteiger partial charge is 0.338 e. The van der Waals surface area contributed by atoms with E-state index in [1.807, 2.05) is 20.8 Å². The van der Waals surface area contributed by atoms with Crippen LogP contribution in [0.5, 0.6) is 0 Å². The number of nitrogens with zero attached hydrogens (tertiary/aromatic N) is 2. The van der Waals surface area contributed by atoms with E-state index in [9.17, 15) is 22.8 Å². The van der Waals surface area contributed by atoms with Crippen LogP contribution in [0.25, 0.3) is 0 Å². The van der Waals surface area contributed by atoms with E-state index in [1.54, 1.807) is 9.80 Å². The molecule has 144 valence electrons. The van der Waals surface area contributed by atoms with Crippen molar-refractivity contribution in [2.24, 2.45) is 11.7 Å². The number of nitrogens with two attached hydrogens (primary N) is 1. The van der Waals surface area contributed by atoms with E-state index in [4.69, 9.17) is 5.73 Å². The lowest BCUT2D eigenvalue weighted by Gasteiger charge is -2.41. The van der Waals surface area contributed by atoms with Gasteiger partial charge in [-0.1, -0.05) is 13.8 Å². The van der Waals surface area contributed by atoms with E-state index in [-0.39, 0.29) is 29.3 Å². The molecule has 1 aliphatic heterocycles. The summed E-state index contributed by atoms with van der Waals surface area (Å²) in [6.07, 6.45) is -4.43. The van der Waals surface area contributed by atoms with E-state index in [0.717, 1.165) is 12.1 Å². The molecule has 1 aliphatic rings. The zero-order chi connectivity index (χ0) is 19.6. The molecule has 2 atom stereocenters. The van der Waals surface area contributed by atoms with Crippen LogP contribution in [0.3, 0.4) is 0 Å². The molecule has 1 saturated heterocycles. The highest BCUT2D eigenvalue weighted by Crippen LogP contribution is 2.29. The number of amides is 2. The van der Waals surface area contributed by atoms with E-state index < -0.39 is 17.8 Å². The molecule has 1 aromatic rings. The molecule has 0 aromatic heterocycles. The van der Waals surface area contributed by atoms with Crippen LogP contribution in [0.4, 0.5) is 13.2 Å². The van der Waals surface area contributed by atoms with Crippen LogP contribution in [0.2, 0.25) is 0 Å². The first kappa shape index (κ1) is 20.2. The Kier molecular flexibility index (Phi) is 5.95. The molecule has 1 fully saturated rings. The highest BCUT2D eigenvalue weighted by atomic mass is 19.4. The van der Waals surface area contributed by atoms with Gasteiger partial charge in [0.25, 0.3) is 5.91 Å². The van der Waals surface area contributed by atoms with Crippen LogP contribution in [0.1, 0.15) is 36.7 Å². The van der Waals surface area contributed by atoms with Crippen LogP contribution in [-0.4, -0.2) is 53.3 Å². The summed E-state index contributed by atoms with van der Waals surface area (Å²) in [5.41, 5.74) is 5.31. The number of rotatable bonds is 3. The Hall–Kier alpha value is -2.09. The Balaban J connectivity index is 2.05. The summed E-state index contributed by atoms with van der Waals surface area (Å²) < 4.78 is 37.9. The molecule has 2 amide bonds. The van der Waals surface area contributed by atoms with Crippen molar-refractivity contribution in [3.63, 3.8) is 0 Å². The Morgan fingerprint density at radius 2 is 1.73 bits per heavy atom. The fourth-order valence-electron chi connectivity index (χ4n) is 2.92. The third-order valence-electron chi connectivity index (χ3n) is 4.66. The standard InChI is InChI=1S/C18H24F3N3O2/c1-11(2)15(22)17(26)23-8-9-24(12(3)10-23)16(25)13-4-6-14(7-5-13)18(19,20)21/h4-7,11-12,15H,8-10,22H2,1-3H3/t12-,15+/m1/s1. The molecule has 1 aromatic carbocycles. The topological polar surface area (TPSA) is 66.6 Å². The maximum absolute atomic E-state index is 12.6. The SMILES string of the molecule is CC(C)[C@H](N)C(=O)N1CCN(C(=O)c2ccc(C(F)(F)F)cc2)[C@H](C)C1. The Morgan fingerprint density at radius 3 is 2.19 bits per heavy atom. The summed E-state index contributed by atoms with van der Waals surface area (Å²) in [6.45, 7) is 6.58. The molecule has 0 radical (unpaired) electrons. The molecule has 8 heteroatoms. The van der Waals surface area contributed by atoms with Gasteiger partial charge in [-0.2, -0.15) is 13.2 Å². The minimum absolute atomic E-state index is 0.0182. The molecule has 0 spiro atoms. The van der Waals surface area contributed by atoms with Crippen molar-refractivity contribution in [2.75, 3.05) is 19.6 Å². The summed E-state index contributed by atoms with van der Waals surface area (Å²) in [4.78, 5) is 28.2. The van der Waals surface area contributed by atoms with Gasteiger partial charge >= 0.3 is 6.18 Å². The molecule has 1 heterocycles. The third-order valence-corrected chi connectivity index (χ3v) is 4.66. The lowest BCUT2D eigenvalue weighted by Crippen LogP contribution is -2.58. The van der Waals surface area contributed by atoms with Gasteiger partial charge in [0.05, 0.1) is 11.6 Å². The average molecular weight is 371 g/mol. The van der Waals surface area contributed by atoms with E-state index in [2.05, 4.69) is 0 Å². The Labute approximate surface area is 150 Å². The zero-order valence-electron chi connectivity index (χ0n) is 15.1. The van der Waals surface area contributed by atoms with Crippen LogP contribution in [0.15, 0.2) is 24.3 Å². The number of piperazine rings is 1. The van der Waals surface area contributed by atoms with Gasteiger partial charge in [-0.25, -0.2) is 0 Å².